The molecule has 0 atom stereocenters. The molecule has 0 heterocycles. The van der Waals surface area contributed by atoms with E-state index >= 15 is 0 Å². The Labute approximate surface area is 367 Å². The van der Waals surface area contributed by atoms with E-state index in [1.165, 1.54) is 98.4 Å². The summed E-state index contributed by atoms with van der Waals surface area (Å²) >= 11 is 0. The Bertz CT molecular complexity index is 3660. The van der Waals surface area contributed by atoms with Gasteiger partial charge in [0, 0.05) is 16.8 Å². The Morgan fingerprint density at radius 3 is 1.48 bits per heavy atom. The fraction of sp³-hybridized carbons (Fsp3) is 0. The van der Waals surface area contributed by atoms with Crippen LogP contribution in [0.5, 0.6) is 0 Å². The number of nitrogens with zero attached hydrogens (tertiary/aromatic N) is 1. The Morgan fingerprint density at radius 2 is 0.746 bits per heavy atom. The van der Waals surface area contributed by atoms with E-state index in [9.17, 15) is 0 Å². The van der Waals surface area contributed by atoms with Gasteiger partial charge in [0.25, 0.3) is 0 Å². The first-order valence-corrected chi connectivity index (χ1v) is 21.8. The quantitative estimate of drug-likeness (QED) is 0.145. The summed E-state index contributed by atoms with van der Waals surface area (Å²) in [4.78, 5) is 2.46. The van der Waals surface area contributed by atoms with E-state index in [-0.39, 0.29) is 0 Å². The molecule has 0 aliphatic carbocycles. The standard InChI is InChI=1S/C62H41N/c1-4-19-44(20-5-1)56-41-57(45-21-6-2-7-22-45)61-54-34-15-14-33-53(54)58-40-49(37-38-55(58)62(61)60(56)46-25-8-3-9-26-46)63(59-36-18-28-43-24-11-13-32-52(43)59)48-30-16-29-47(39-48)51-35-17-27-42-23-10-12-31-50(42)51/h1-41H. The fourth-order valence-electron chi connectivity index (χ4n) is 10.00. The molecule has 1 heteroatoms. The van der Waals surface area contributed by atoms with Gasteiger partial charge < -0.3 is 4.90 Å². The van der Waals surface area contributed by atoms with E-state index in [2.05, 4.69) is 254 Å². The van der Waals surface area contributed by atoms with Crippen LogP contribution in [0.2, 0.25) is 0 Å². The molecule has 0 unspecified atom stereocenters. The lowest BCUT2D eigenvalue weighted by Crippen LogP contribution is -2.10. The van der Waals surface area contributed by atoms with Crippen LogP contribution in [0.3, 0.4) is 0 Å². The van der Waals surface area contributed by atoms with Gasteiger partial charge in [-0.1, -0.05) is 212 Å². The molecule has 12 rings (SSSR count). The Hall–Kier alpha value is -8.26. The van der Waals surface area contributed by atoms with E-state index < -0.39 is 0 Å². The summed E-state index contributed by atoms with van der Waals surface area (Å²) in [5, 5.41) is 12.3. The van der Waals surface area contributed by atoms with Gasteiger partial charge >= 0.3 is 0 Å². The smallest absolute Gasteiger partial charge is 0.0540 e. The highest BCUT2D eigenvalue weighted by Crippen LogP contribution is 2.50. The van der Waals surface area contributed by atoms with Crippen LogP contribution in [0.15, 0.2) is 249 Å². The molecular formula is C62H41N. The van der Waals surface area contributed by atoms with Gasteiger partial charge in [0.05, 0.1) is 5.69 Å². The summed E-state index contributed by atoms with van der Waals surface area (Å²) in [5.41, 5.74) is 13.0. The Morgan fingerprint density at radius 1 is 0.238 bits per heavy atom. The third-order valence-electron chi connectivity index (χ3n) is 12.8. The number of hydrogen-bond donors (Lipinski definition) is 0. The molecule has 0 fully saturated rings. The topological polar surface area (TPSA) is 3.24 Å². The number of benzene rings is 12. The van der Waals surface area contributed by atoms with E-state index in [0.717, 1.165) is 17.1 Å². The van der Waals surface area contributed by atoms with Crippen LogP contribution in [-0.2, 0) is 0 Å². The van der Waals surface area contributed by atoms with Crippen molar-refractivity contribution in [1.82, 2.24) is 0 Å². The highest BCUT2D eigenvalue weighted by Gasteiger charge is 2.23. The van der Waals surface area contributed by atoms with Crippen LogP contribution in [0, 0.1) is 0 Å². The van der Waals surface area contributed by atoms with Crippen LogP contribution in [0.4, 0.5) is 17.1 Å². The van der Waals surface area contributed by atoms with Crippen molar-refractivity contribution in [3.05, 3.63) is 249 Å². The number of anilines is 3. The van der Waals surface area contributed by atoms with Gasteiger partial charge in [0.15, 0.2) is 0 Å². The lowest BCUT2D eigenvalue weighted by molar-refractivity contribution is 1.30. The Kier molecular flexibility index (Phi) is 8.90. The van der Waals surface area contributed by atoms with Crippen LogP contribution in [-0.4, -0.2) is 0 Å². The minimum Gasteiger partial charge on any atom is -0.310 e. The monoisotopic (exact) mass is 799 g/mol. The minimum absolute atomic E-state index is 1.10. The maximum absolute atomic E-state index is 2.46. The predicted octanol–water partition coefficient (Wildman–Crippen LogP) is 17.6. The maximum atomic E-state index is 2.46. The van der Waals surface area contributed by atoms with E-state index in [4.69, 9.17) is 0 Å². The summed E-state index contributed by atoms with van der Waals surface area (Å²) in [7, 11) is 0. The second-order valence-corrected chi connectivity index (χ2v) is 16.4. The largest absolute Gasteiger partial charge is 0.310 e. The fourth-order valence-corrected chi connectivity index (χ4v) is 10.00. The molecule has 0 spiro atoms. The molecule has 0 amide bonds. The molecule has 0 aromatic heterocycles. The molecule has 0 N–H and O–H groups in total. The molecular weight excluding hydrogens is 759 g/mol. The van der Waals surface area contributed by atoms with Crippen LogP contribution in [0.1, 0.15) is 0 Å². The van der Waals surface area contributed by atoms with Gasteiger partial charge in [-0.3, -0.25) is 0 Å². The first kappa shape index (κ1) is 36.6. The van der Waals surface area contributed by atoms with E-state index in [1.807, 2.05) is 0 Å². The van der Waals surface area contributed by atoms with Crippen molar-refractivity contribution in [3.8, 4) is 44.5 Å². The molecule has 0 radical (unpaired) electrons. The summed E-state index contributed by atoms with van der Waals surface area (Å²) in [6, 6.07) is 91.2. The number of rotatable bonds is 7. The number of hydrogen-bond acceptors (Lipinski definition) is 1. The second kappa shape index (κ2) is 15.3. The van der Waals surface area contributed by atoms with Gasteiger partial charge in [-0.05, 0) is 129 Å². The third-order valence-corrected chi connectivity index (χ3v) is 12.8. The van der Waals surface area contributed by atoms with Gasteiger partial charge in [-0.15, -0.1) is 0 Å². The lowest BCUT2D eigenvalue weighted by atomic mass is 9.81. The molecule has 0 aliphatic rings. The van der Waals surface area contributed by atoms with E-state index in [0.29, 0.717) is 0 Å². The first-order chi connectivity index (χ1) is 31.3. The van der Waals surface area contributed by atoms with Crippen molar-refractivity contribution in [1.29, 1.82) is 0 Å². The molecule has 12 aromatic carbocycles. The zero-order chi connectivity index (χ0) is 41.7. The van der Waals surface area contributed by atoms with Gasteiger partial charge in [0.1, 0.15) is 0 Å². The highest BCUT2D eigenvalue weighted by atomic mass is 15.1. The van der Waals surface area contributed by atoms with Gasteiger partial charge in [-0.25, -0.2) is 0 Å². The van der Waals surface area contributed by atoms with Crippen LogP contribution < -0.4 is 4.90 Å². The zero-order valence-corrected chi connectivity index (χ0v) is 34.6. The average molecular weight is 800 g/mol. The van der Waals surface area contributed by atoms with Crippen molar-refractivity contribution in [2.24, 2.45) is 0 Å². The second-order valence-electron chi connectivity index (χ2n) is 16.4. The third kappa shape index (κ3) is 6.25. The van der Waals surface area contributed by atoms with Crippen molar-refractivity contribution >= 4 is 70.9 Å². The van der Waals surface area contributed by atoms with Gasteiger partial charge in [0.2, 0.25) is 0 Å². The molecule has 63 heavy (non-hydrogen) atoms. The Balaban J connectivity index is 1.19. The number of fused-ring (bicyclic) bond motifs is 8. The lowest BCUT2D eigenvalue weighted by Gasteiger charge is -2.28. The summed E-state index contributed by atoms with van der Waals surface area (Å²) in [6.07, 6.45) is 0. The SMILES string of the molecule is c1ccc(-c2cc(-c3ccccc3)c3c4ccccc4c4cc(N(c5cccc(-c6cccc7ccccc67)c5)c5cccc6ccccc56)ccc4c3c2-c2ccccc2)cc1. The molecule has 1 nitrogen and oxygen atoms in total. The van der Waals surface area contributed by atoms with Crippen molar-refractivity contribution in [2.75, 3.05) is 4.90 Å². The molecule has 0 aliphatic heterocycles. The van der Waals surface area contributed by atoms with E-state index in [1.54, 1.807) is 0 Å². The van der Waals surface area contributed by atoms with Crippen molar-refractivity contribution in [2.45, 2.75) is 0 Å². The van der Waals surface area contributed by atoms with Gasteiger partial charge in [-0.2, -0.15) is 0 Å². The normalized spacial score (nSPS) is 11.5. The van der Waals surface area contributed by atoms with Crippen molar-refractivity contribution < 1.29 is 0 Å². The first-order valence-electron chi connectivity index (χ1n) is 21.8. The predicted molar refractivity (Wildman–Crippen MR) is 270 cm³/mol. The van der Waals surface area contributed by atoms with Crippen LogP contribution >= 0.6 is 0 Å². The molecule has 12 aromatic rings. The maximum Gasteiger partial charge on any atom is 0.0540 e. The molecule has 294 valence electrons. The minimum atomic E-state index is 1.10. The van der Waals surface area contributed by atoms with Crippen molar-refractivity contribution in [3.63, 3.8) is 0 Å². The zero-order valence-electron chi connectivity index (χ0n) is 34.6. The molecule has 0 saturated heterocycles. The summed E-state index contributed by atoms with van der Waals surface area (Å²) in [5.74, 6) is 0. The average Bonchev–Trinajstić information content (AvgIpc) is 3.36. The summed E-state index contributed by atoms with van der Waals surface area (Å²) in [6.45, 7) is 0. The highest BCUT2D eigenvalue weighted by molar-refractivity contribution is 6.33. The molecule has 0 saturated carbocycles. The molecule has 0 bridgehead atoms. The summed E-state index contributed by atoms with van der Waals surface area (Å²) < 4.78 is 0. The van der Waals surface area contributed by atoms with Crippen LogP contribution in [0.25, 0.3) is 98.4 Å².